The number of methoxy groups -OCH3 is 1. The van der Waals surface area contributed by atoms with Crippen molar-refractivity contribution in [1.29, 1.82) is 0 Å². The molecule has 3 rings (SSSR count). The van der Waals surface area contributed by atoms with Crippen LogP contribution in [0.2, 0.25) is 0 Å². The van der Waals surface area contributed by atoms with Gasteiger partial charge in [-0.15, -0.1) is 0 Å². The van der Waals surface area contributed by atoms with Gasteiger partial charge in [0.2, 0.25) is 11.9 Å². The van der Waals surface area contributed by atoms with Crippen molar-refractivity contribution < 1.29 is 4.74 Å². The monoisotopic (exact) mass is 328 g/mol. The molecule has 1 aliphatic rings. The van der Waals surface area contributed by atoms with E-state index >= 15 is 0 Å². The zero-order chi connectivity index (χ0) is 16.8. The maximum Gasteiger partial charge on any atom is 0.232 e. The number of hydrogen-bond donors (Lipinski definition) is 2. The Labute approximate surface area is 142 Å². The van der Waals surface area contributed by atoms with E-state index in [0.717, 1.165) is 24.5 Å². The number of nitrogens with one attached hydrogen (secondary N) is 1. The van der Waals surface area contributed by atoms with Crippen LogP contribution in [0.15, 0.2) is 24.3 Å². The molecule has 7 nitrogen and oxygen atoms in total. The highest BCUT2D eigenvalue weighted by molar-refractivity contribution is 5.56. The Morgan fingerprint density at radius 2 is 1.92 bits per heavy atom. The number of aromatic nitrogens is 3. The quantitative estimate of drug-likeness (QED) is 0.872. The third-order valence-corrected chi connectivity index (χ3v) is 4.09. The van der Waals surface area contributed by atoms with Crippen molar-refractivity contribution in [3.05, 3.63) is 30.1 Å². The van der Waals surface area contributed by atoms with E-state index in [1.54, 1.807) is 7.11 Å². The summed E-state index contributed by atoms with van der Waals surface area (Å²) in [5.74, 6) is 2.17. The van der Waals surface area contributed by atoms with Gasteiger partial charge in [0.25, 0.3) is 0 Å². The van der Waals surface area contributed by atoms with Gasteiger partial charge >= 0.3 is 0 Å². The maximum atomic E-state index is 5.86. The predicted molar refractivity (Wildman–Crippen MR) is 94.3 cm³/mol. The van der Waals surface area contributed by atoms with E-state index in [2.05, 4.69) is 25.2 Å². The molecule has 1 aromatic heterocycles. The molecule has 3 N–H and O–H groups in total. The van der Waals surface area contributed by atoms with Gasteiger partial charge in [0.05, 0.1) is 13.7 Å². The molecule has 0 bridgehead atoms. The van der Waals surface area contributed by atoms with Crippen LogP contribution >= 0.6 is 0 Å². The first-order valence-electron chi connectivity index (χ1n) is 8.37. The summed E-state index contributed by atoms with van der Waals surface area (Å²) in [4.78, 5) is 15.4. The summed E-state index contributed by atoms with van der Waals surface area (Å²) in [5.41, 5.74) is 6.71. The Morgan fingerprint density at radius 3 is 2.67 bits per heavy atom. The molecule has 0 unspecified atom stereocenters. The lowest BCUT2D eigenvalue weighted by Gasteiger charge is -2.18. The molecule has 0 saturated carbocycles. The van der Waals surface area contributed by atoms with Gasteiger partial charge in [-0.2, -0.15) is 15.0 Å². The number of ether oxygens (including phenoxy) is 1. The number of rotatable bonds is 5. The van der Waals surface area contributed by atoms with Crippen LogP contribution in [0.1, 0.15) is 31.5 Å². The van der Waals surface area contributed by atoms with E-state index in [4.69, 9.17) is 10.5 Å². The van der Waals surface area contributed by atoms with Gasteiger partial charge in [0.1, 0.15) is 11.6 Å². The van der Waals surface area contributed by atoms with Crippen LogP contribution in [-0.4, -0.2) is 40.1 Å². The second-order valence-electron chi connectivity index (χ2n) is 5.98. The first-order chi connectivity index (χ1) is 11.7. The number of nitrogen functional groups attached to an aromatic ring is 1. The van der Waals surface area contributed by atoms with Gasteiger partial charge in [0.15, 0.2) is 0 Å². The topological polar surface area (TPSA) is 89.2 Å². The number of anilines is 3. The lowest BCUT2D eigenvalue weighted by molar-refractivity contribution is 0.270. The molecule has 0 spiro atoms. The van der Waals surface area contributed by atoms with Crippen LogP contribution in [0, 0.1) is 0 Å². The van der Waals surface area contributed by atoms with Crippen molar-refractivity contribution in [2.75, 3.05) is 31.2 Å². The van der Waals surface area contributed by atoms with Crippen LogP contribution < -0.4 is 15.8 Å². The summed E-state index contributed by atoms with van der Waals surface area (Å²) < 4.78 is 5.23. The standard InChI is InChI=1S/C17H24N6O/c1-24-14-8-6-7-13(11-14)19-17-21-15(20-16(18)22-17)12-23-9-4-2-3-5-10-23/h6-8,11H,2-5,9-10,12H2,1H3,(H3,18,19,20,21,22). The smallest absolute Gasteiger partial charge is 0.232 e. The van der Waals surface area contributed by atoms with Crippen molar-refractivity contribution in [3.63, 3.8) is 0 Å². The number of nitrogens with zero attached hydrogens (tertiary/aromatic N) is 4. The molecule has 2 heterocycles. The molecule has 1 aliphatic heterocycles. The van der Waals surface area contributed by atoms with Gasteiger partial charge in [-0.25, -0.2) is 0 Å². The van der Waals surface area contributed by atoms with Crippen LogP contribution in [0.3, 0.4) is 0 Å². The van der Waals surface area contributed by atoms with E-state index < -0.39 is 0 Å². The Kier molecular flexibility index (Phi) is 5.43. The maximum absolute atomic E-state index is 5.86. The molecule has 1 saturated heterocycles. The summed E-state index contributed by atoms with van der Waals surface area (Å²) >= 11 is 0. The largest absolute Gasteiger partial charge is 0.497 e. The summed E-state index contributed by atoms with van der Waals surface area (Å²) in [6.07, 6.45) is 5.07. The fourth-order valence-electron chi connectivity index (χ4n) is 2.89. The highest BCUT2D eigenvalue weighted by atomic mass is 16.5. The molecular formula is C17H24N6O. The third kappa shape index (κ3) is 4.55. The average Bonchev–Trinajstić information content (AvgIpc) is 2.83. The Bertz CT molecular complexity index is 670. The van der Waals surface area contributed by atoms with Crippen LogP contribution in [0.25, 0.3) is 0 Å². The van der Waals surface area contributed by atoms with Crippen LogP contribution in [-0.2, 0) is 6.54 Å². The van der Waals surface area contributed by atoms with Gasteiger partial charge in [-0.05, 0) is 38.1 Å². The molecule has 128 valence electrons. The van der Waals surface area contributed by atoms with Crippen molar-refractivity contribution >= 4 is 17.6 Å². The zero-order valence-electron chi connectivity index (χ0n) is 14.0. The van der Waals surface area contributed by atoms with Crippen molar-refractivity contribution in [1.82, 2.24) is 19.9 Å². The van der Waals surface area contributed by atoms with E-state index in [1.807, 2.05) is 24.3 Å². The van der Waals surface area contributed by atoms with E-state index in [0.29, 0.717) is 18.3 Å². The molecular weight excluding hydrogens is 304 g/mol. The van der Waals surface area contributed by atoms with Gasteiger partial charge in [-0.3, -0.25) is 4.90 Å². The Morgan fingerprint density at radius 1 is 1.12 bits per heavy atom. The molecule has 24 heavy (non-hydrogen) atoms. The number of nitrogens with two attached hydrogens (primary N) is 1. The molecule has 0 radical (unpaired) electrons. The summed E-state index contributed by atoms with van der Waals surface area (Å²) in [7, 11) is 1.64. The Hall–Kier alpha value is -2.41. The molecule has 1 fully saturated rings. The van der Waals surface area contributed by atoms with Crippen molar-refractivity contribution in [3.8, 4) is 5.75 Å². The first kappa shape index (κ1) is 16.4. The van der Waals surface area contributed by atoms with Gasteiger partial charge in [0, 0.05) is 11.8 Å². The van der Waals surface area contributed by atoms with Gasteiger partial charge in [-0.1, -0.05) is 18.9 Å². The van der Waals surface area contributed by atoms with Crippen LogP contribution in [0.4, 0.5) is 17.6 Å². The second-order valence-corrected chi connectivity index (χ2v) is 5.98. The summed E-state index contributed by atoms with van der Waals surface area (Å²) in [6, 6.07) is 7.60. The minimum Gasteiger partial charge on any atom is -0.497 e. The van der Waals surface area contributed by atoms with Gasteiger partial charge < -0.3 is 15.8 Å². The number of hydrogen-bond acceptors (Lipinski definition) is 7. The molecule has 0 aliphatic carbocycles. The minimum atomic E-state index is 0.236. The average molecular weight is 328 g/mol. The normalized spacial score (nSPS) is 15.7. The van der Waals surface area contributed by atoms with Crippen molar-refractivity contribution in [2.45, 2.75) is 32.2 Å². The molecule has 0 amide bonds. The number of benzene rings is 1. The van der Waals surface area contributed by atoms with E-state index in [1.165, 1.54) is 25.7 Å². The lowest BCUT2D eigenvalue weighted by atomic mass is 10.2. The minimum absolute atomic E-state index is 0.236. The zero-order valence-corrected chi connectivity index (χ0v) is 14.0. The number of likely N-dealkylation sites (tertiary alicyclic amines) is 1. The summed E-state index contributed by atoms with van der Waals surface area (Å²) in [6.45, 7) is 2.88. The summed E-state index contributed by atoms with van der Waals surface area (Å²) in [5, 5.41) is 3.17. The fraction of sp³-hybridized carbons (Fsp3) is 0.471. The second kappa shape index (κ2) is 7.92. The molecule has 2 aromatic rings. The predicted octanol–water partition coefficient (Wildman–Crippen LogP) is 2.58. The third-order valence-electron chi connectivity index (χ3n) is 4.09. The highest BCUT2D eigenvalue weighted by Gasteiger charge is 2.13. The van der Waals surface area contributed by atoms with E-state index in [9.17, 15) is 0 Å². The van der Waals surface area contributed by atoms with E-state index in [-0.39, 0.29) is 5.95 Å². The highest BCUT2D eigenvalue weighted by Crippen LogP contribution is 2.20. The SMILES string of the molecule is COc1cccc(Nc2nc(N)nc(CN3CCCCCC3)n2)c1. The Balaban J connectivity index is 1.73. The first-order valence-corrected chi connectivity index (χ1v) is 8.37. The fourth-order valence-corrected chi connectivity index (χ4v) is 2.89. The lowest BCUT2D eigenvalue weighted by Crippen LogP contribution is -2.25. The molecule has 1 aromatic carbocycles. The van der Waals surface area contributed by atoms with Crippen LogP contribution in [0.5, 0.6) is 5.75 Å². The van der Waals surface area contributed by atoms with Crippen molar-refractivity contribution in [2.24, 2.45) is 0 Å². The molecule has 7 heteroatoms. The molecule has 0 atom stereocenters.